The number of hydrogen-bond acceptors (Lipinski definition) is 1. The predicted octanol–water partition coefficient (Wildman–Crippen LogP) is 3.05. The second kappa shape index (κ2) is 2.18. The number of nitrogens with zero attached hydrogens (tertiary/aromatic N) is 1. The zero-order valence-electron chi connectivity index (χ0n) is 8.55. The van der Waals surface area contributed by atoms with Crippen molar-refractivity contribution in [3.8, 4) is 0 Å². The Labute approximate surface area is 80.6 Å². The van der Waals surface area contributed by atoms with Crippen LogP contribution in [-0.4, -0.2) is 12.3 Å². The summed E-state index contributed by atoms with van der Waals surface area (Å²) >= 11 is 0. The van der Waals surface area contributed by atoms with Crippen LogP contribution in [0.3, 0.4) is 0 Å². The van der Waals surface area contributed by atoms with Crippen LogP contribution in [0.4, 0.5) is 0 Å². The molecule has 1 heteroatoms. The van der Waals surface area contributed by atoms with Gasteiger partial charge in [-0.2, -0.15) is 0 Å². The molecule has 0 saturated heterocycles. The summed E-state index contributed by atoms with van der Waals surface area (Å²) in [6.07, 6.45) is 8.47. The van der Waals surface area contributed by atoms with Gasteiger partial charge in [0, 0.05) is 0 Å². The molecular formula is C12H19N. The molecule has 4 bridgehead atoms. The van der Waals surface area contributed by atoms with Crippen LogP contribution in [-0.2, 0) is 0 Å². The van der Waals surface area contributed by atoms with Crippen molar-refractivity contribution < 1.29 is 0 Å². The van der Waals surface area contributed by atoms with E-state index in [2.05, 4.69) is 18.6 Å². The molecule has 13 heavy (non-hydrogen) atoms. The average Bonchev–Trinajstić information content (AvgIpc) is 1.99. The standard InChI is InChI=1S/C12H19N/c1-11-4-9-3-10(5-11)7-12(6-9,8-11)13-2/h9-10H,2-8H2,1H3. The second-order valence-corrected chi connectivity index (χ2v) is 6.15. The monoisotopic (exact) mass is 177 g/mol. The molecule has 0 heterocycles. The Morgan fingerprint density at radius 2 is 1.77 bits per heavy atom. The lowest BCUT2D eigenvalue weighted by Gasteiger charge is -2.59. The maximum atomic E-state index is 4.48. The third kappa shape index (κ3) is 1.02. The first kappa shape index (κ1) is 8.02. The van der Waals surface area contributed by atoms with Gasteiger partial charge in [0.05, 0.1) is 5.54 Å². The summed E-state index contributed by atoms with van der Waals surface area (Å²) in [5, 5.41) is 0. The Bertz CT molecular complexity index is 242. The first-order chi connectivity index (χ1) is 6.13. The molecule has 0 amide bonds. The molecule has 0 aromatic rings. The molecule has 0 N–H and O–H groups in total. The summed E-state index contributed by atoms with van der Waals surface area (Å²) in [5.41, 5.74) is 0.949. The maximum Gasteiger partial charge on any atom is 0.0611 e. The summed E-state index contributed by atoms with van der Waals surface area (Å²) in [6, 6.07) is 0. The molecule has 4 rings (SSSR count). The van der Waals surface area contributed by atoms with Gasteiger partial charge in [0.15, 0.2) is 0 Å². The average molecular weight is 177 g/mol. The zero-order valence-corrected chi connectivity index (χ0v) is 8.55. The lowest BCUT2D eigenvalue weighted by atomic mass is 9.47. The molecule has 0 aromatic carbocycles. The summed E-state index contributed by atoms with van der Waals surface area (Å²) in [5.74, 6) is 1.97. The molecule has 0 aromatic heterocycles. The van der Waals surface area contributed by atoms with E-state index in [4.69, 9.17) is 0 Å². The van der Waals surface area contributed by atoms with E-state index in [1.165, 1.54) is 38.5 Å². The quantitative estimate of drug-likeness (QED) is 0.546. The van der Waals surface area contributed by atoms with E-state index in [1.54, 1.807) is 0 Å². The molecule has 4 saturated carbocycles. The van der Waals surface area contributed by atoms with Gasteiger partial charge in [-0.3, -0.25) is 4.99 Å². The van der Waals surface area contributed by atoms with Crippen LogP contribution in [0.15, 0.2) is 4.99 Å². The largest absolute Gasteiger partial charge is 0.294 e. The first-order valence-corrected chi connectivity index (χ1v) is 5.61. The van der Waals surface area contributed by atoms with Gasteiger partial charge in [-0.1, -0.05) is 6.92 Å². The van der Waals surface area contributed by atoms with Crippen LogP contribution < -0.4 is 0 Å². The molecular weight excluding hydrogens is 158 g/mol. The Morgan fingerprint density at radius 3 is 2.23 bits per heavy atom. The third-order valence-electron chi connectivity index (χ3n) is 4.66. The van der Waals surface area contributed by atoms with E-state index >= 15 is 0 Å². The SMILES string of the molecule is C=NC12CC3CC(CC(C)(C3)C1)C2. The first-order valence-electron chi connectivity index (χ1n) is 5.61. The van der Waals surface area contributed by atoms with Crippen molar-refractivity contribution in [2.75, 3.05) is 0 Å². The maximum absolute atomic E-state index is 4.48. The van der Waals surface area contributed by atoms with Crippen LogP contribution in [0.2, 0.25) is 0 Å². The highest BCUT2D eigenvalue weighted by Crippen LogP contribution is 2.62. The molecule has 2 unspecified atom stereocenters. The number of hydrogen-bond donors (Lipinski definition) is 0. The molecule has 72 valence electrons. The van der Waals surface area contributed by atoms with E-state index in [9.17, 15) is 0 Å². The lowest BCUT2D eigenvalue weighted by molar-refractivity contribution is -0.0548. The Kier molecular flexibility index (Phi) is 1.35. The highest BCUT2D eigenvalue weighted by atomic mass is 14.9. The van der Waals surface area contributed by atoms with Crippen LogP contribution in [0.1, 0.15) is 45.4 Å². The van der Waals surface area contributed by atoms with E-state index < -0.39 is 0 Å². The van der Waals surface area contributed by atoms with Crippen molar-refractivity contribution in [3.63, 3.8) is 0 Å². The van der Waals surface area contributed by atoms with Gasteiger partial charge in [-0.25, -0.2) is 0 Å². The van der Waals surface area contributed by atoms with Gasteiger partial charge >= 0.3 is 0 Å². The van der Waals surface area contributed by atoms with E-state index in [0.717, 1.165) is 11.8 Å². The minimum absolute atomic E-state index is 0.318. The topological polar surface area (TPSA) is 12.4 Å². The summed E-state index contributed by atoms with van der Waals surface area (Å²) in [7, 11) is 0. The van der Waals surface area contributed by atoms with Crippen molar-refractivity contribution in [3.05, 3.63) is 0 Å². The van der Waals surface area contributed by atoms with E-state index in [1.807, 2.05) is 0 Å². The van der Waals surface area contributed by atoms with Gasteiger partial charge in [0.1, 0.15) is 0 Å². The molecule has 0 radical (unpaired) electrons. The molecule has 4 aliphatic carbocycles. The van der Waals surface area contributed by atoms with Gasteiger partial charge in [0.25, 0.3) is 0 Å². The van der Waals surface area contributed by atoms with Crippen molar-refractivity contribution in [1.29, 1.82) is 0 Å². The van der Waals surface area contributed by atoms with Crippen molar-refractivity contribution in [2.24, 2.45) is 22.2 Å². The fourth-order valence-electron chi connectivity index (χ4n) is 4.85. The van der Waals surface area contributed by atoms with Crippen LogP contribution >= 0.6 is 0 Å². The highest BCUT2D eigenvalue weighted by molar-refractivity contribution is 5.28. The van der Waals surface area contributed by atoms with E-state index in [-0.39, 0.29) is 0 Å². The zero-order chi connectivity index (χ0) is 9.10. The van der Waals surface area contributed by atoms with Crippen LogP contribution in [0.25, 0.3) is 0 Å². The Morgan fingerprint density at radius 1 is 1.15 bits per heavy atom. The smallest absolute Gasteiger partial charge is 0.0611 e. The summed E-state index contributed by atoms with van der Waals surface area (Å²) < 4.78 is 0. The number of aliphatic imine (C=N–C) groups is 1. The minimum Gasteiger partial charge on any atom is -0.294 e. The van der Waals surface area contributed by atoms with Crippen molar-refractivity contribution in [1.82, 2.24) is 0 Å². The number of rotatable bonds is 1. The van der Waals surface area contributed by atoms with Gasteiger partial charge in [-0.05, 0) is 62.5 Å². The van der Waals surface area contributed by atoms with Crippen molar-refractivity contribution >= 4 is 6.72 Å². The fraction of sp³-hybridized carbons (Fsp3) is 0.917. The van der Waals surface area contributed by atoms with Gasteiger partial charge < -0.3 is 0 Å². The lowest BCUT2D eigenvalue weighted by Crippen LogP contribution is -2.53. The third-order valence-corrected chi connectivity index (χ3v) is 4.66. The normalized spacial score (nSPS) is 58.2. The summed E-state index contributed by atoms with van der Waals surface area (Å²) in [4.78, 5) is 4.48. The molecule has 4 fully saturated rings. The minimum atomic E-state index is 0.318. The van der Waals surface area contributed by atoms with Gasteiger partial charge in [0.2, 0.25) is 0 Å². The van der Waals surface area contributed by atoms with Crippen LogP contribution in [0.5, 0.6) is 0 Å². The van der Waals surface area contributed by atoms with Crippen LogP contribution in [0, 0.1) is 17.3 Å². The summed E-state index contributed by atoms with van der Waals surface area (Å²) in [6.45, 7) is 6.31. The molecule has 2 atom stereocenters. The van der Waals surface area contributed by atoms with Crippen molar-refractivity contribution in [2.45, 2.75) is 51.0 Å². The molecule has 0 aliphatic heterocycles. The fourth-order valence-corrected chi connectivity index (χ4v) is 4.85. The molecule has 4 aliphatic rings. The molecule has 1 nitrogen and oxygen atoms in total. The Hall–Kier alpha value is -0.330. The molecule has 0 spiro atoms. The highest BCUT2D eigenvalue weighted by Gasteiger charge is 2.55. The predicted molar refractivity (Wildman–Crippen MR) is 55.1 cm³/mol. The van der Waals surface area contributed by atoms with Gasteiger partial charge in [-0.15, -0.1) is 0 Å². The second-order valence-electron chi connectivity index (χ2n) is 6.15. The Balaban J connectivity index is 2.00. The van der Waals surface area contributed by atoms with E-state index in [0.29, 0.717) is 11.0 Å².